The predicted molar refractivity (Wildman–Crippen MR) is 59.0 cm³/mol. The molecule has 0 aromatic heterocycles. The molecule has 0 bridgehead atoms. The van der Waals surface area contributed by atoms with E-state index in [2.05, 4.69) is 38.2 Å². The molecule has 0 aromatic carbocycles. The largest absolute Gasteiger partial charge is 0.0809 e. The van der Waals surface area contributed by atoms with Gasteiger partial charge in [0.25, 0.3) is 0 Å². The molecule has 1 rings (SSSR count). The number of unbranched alkanes of at least 4 members (excludes halogenated alkanes) is 1. The monoisotopic (exact) mass is 180 g/mol. The summed E-state index contributed by atoms with van der Waals surface area (Å²) in [6.45, 7) is 7.29. The van der Waals surface area contributed by atoms with Crippen LogP contribution in [0.1, 0.15) is 26.2 Å². The molecule has 0 spiro atoms. The molecule has 0 atom stereocenters. The van der Waals surface area contributed by atoms with Gasteiger partial charge >= 0.3 is 0 Å². The third kappa shape index (κ3) is 2.34. The van der Waals surface area contributed by atoms with Gasteiger partial charge in [0.05, 0.1) is 8.07 Å². The molecular formula is C11H20Si. The molecule has 0 saturated carbocycles. The van der Waals surface area contributed by atoms with E-state index >= 15 is 0 Å². The third-order valence-electron chi connectivity index (χ3n) is 2.80. The van der Waals surface area contributed by atoms with Crippen LogP contribution >= 0.6 is 0 Å². The fourth-order valence-corrected chi connectivity index (χ4v) is 4.50. The molecule has 12 heavy (non-hydrogen) atoms. The van der Waals surface area contributed by atoms with Crippen molar-refractivity contribution in [3.8, 4) is 0 Å². The van der Waals surface area contributed by atoms with E-state index in [1.165, 1.54) is 25.3 Å². The molecule has 0 aliphatic heterocycles. The van der Waals surface area contributed by atoms with E-state index in [1.54, 1.807) is 5.20 Å². The molecule has 0 heterocycles. The van der Waals surface area contributed by atoms with Crippen molar-refractivity contribution in [2.45, 2.75) is 45.3 Å². The van der Waals surface area contributed by atoms with Crippen molar-refractivity contribution in [2.75, 3.05) is 0 Å². The van der Waals surface area contributed by atoms with Gasteiger partial charge < -0.3 is 0 Å². The molecular weight excluding hydrogens is 160 g/mol. The zero-order chi connectivity index (χ0) is 9.03. The normalized spacial score (nSPS) is 16.8. The summed E-state index contributed by atoms with van der Waals surface area (Å²) in [5.41, 5.74) is 0. The highest BCUT2D eigenvalue weighted by atomic mass is 28.3. The fourth-order valence-electron chi connectivity index (χ4n) is 1.73. The second-order valence-electron chi connectivity index (χ2n) is 4.31. The highest BCUT2D eigenvalue weighted by Gasteiger charge is 2.24. The standard InChI is InChI=1S/C11H20Si/c1-4-5-10-12(2,3)11-8-6-7-9-11/h6-8H,4-5,9-10H2,1-3H3. The second-order valence-corrected chi connectivity index (χ2v) is 9.22. The van der Waals surface area contributed by atoms with Crippen molar-refractivity contribution in [2.24, 2.45) is 0 Å². The first-order valence-electron chi connectivity index (χ1n) is 5.03. The van der Waals surface area contributed by atoms with Crippen LogP contribution in [0, 0.1) is 0 Å². The lowest BCUT2D eigenvalue weighted by molar-refractivity contribution is 0.867. The van der Waals surface area contributed by atoms with E-state index in [4.69, 9.17) is 0 Å². The zero-order valence-electron chi connectivity index (χ0n) is 8.56. The van der Waals surface area contributed by atoms with Crippen LogP contribution in [0.15, 0.2) is 23.4 Å². The lowest BCUT2D eigenvalue weighted by Crippen LogP contribution is -2.27. The molecule has 0 unspecified atom stereocenters. The van der Waals surface area contributed by atoms with Crippen molar-refractivity contribution in [3.63, 3.8) is 0 Å². The number of hydrogen-bond donors (Lipinski definition) is 0. The molecule has 0 nitrogen and oxygen atoms in total. The van der Waals surface area contributed by atoms with Gasteiger partial charge in [-0.25, -0.2) is 0 Å². The summed E-state index contributed by atoms with van der Waals surface area (Å²) >= 11 is 0. The van der Waals surface area contributed by atoms with Crippen LogP contribution in [0.25, 0.3) is 0 Å². The van der Waals surface area contributed by atoms with E-state index in [1.807, 2.05) is 0 Å². The summed E-state index contributed by atoms with van der Waals surface area (Å²) in [6.07, 6.45) is 10.9. The van der Waals surface area contributed by atoms with Gasteiger partial charge in [0.1, 0.15) is 0 Å². The second kappa shape index (κ2) is 4.08. The van der Waals surface area contributed by atoms with Gasteiger partial charge in [-0.05, 0) is 6.42 Å². The Labute approximate surface area is 77.4 Å². The van der Waals surface area contributed by atoms with Gasteiger partial charge in [-0.2, -0.15) is 0 Å². The first-order valence-corrected chi connectivity index (χ1v) is 8.23. The van der Waals surface area contributed by atoms with E-state index < -0.39 is 8.07 Å². The van der Waals surface area contributed by atoms with E-state index in [-0.39, 0.29) is 0 Å². The van der Waals surface area contributed by atoms with Crippen molar-refractivity contribution in [3.05, 3.63) is 23.4 Å². The molecule has 0 N–H and O–H groups in total. The van der Waals surface area contributed by atoms with Gasteiger partial charge in [-0.3, -0.25) is 0 Å². The topological polar surface area (TPSA) is 0 Å². The van der Waals surface area contributed by atoms with Crippen molar-refractivity contribution >= 4 is 8.07 Å². The Balaban J connectivity index is 2.47. The summed E-state index contributed by atoms with van der Waals surface area (Å²) in [7, 11) is -0.993. The summed E-state index contributed by atoms with van der Waals surface area (Å²) in [4.78, 5) is 0. The van der Waals surface area contributed by atoms with Crippen LogP contribution in [0.3, 0.4) is 0 Å². The Morgan fingerprint density at radius 2 is 2.17 bits per heavy atom. The number of hydrogen-bond acceptors (Lipinski definition) is 0. The average Bonchev–Trinajstić information content (AvgIpc) is 2.53. The van der Waals surface area contributed by atoms with Gasteiger partial charge in [0.2, 0.25) is 0 Å². The average molecular weight is 180 g/mol. The molecule has 1 aliphatic carbocycles. The fraction of sp³-hybridized carbons (Fsp3) is 0.636. The van der Waals surface area contributed by atoms with Gasteiger partial charge in [-0.15, -0.1) is 0 Å². The van der Waals surface area contributed by atoms with Crippen LogP contribution in [-0.2, 0) is 0 Å². The van der Waals surface area contributed by atoms with Crippen LogP contribution in [0.2, 0.25) is 19.1 Å². The summed E-state index contributed by atoms with van der Waals surface area (Å²) < 4.78 is 0. The Hall–Kier alpha value is -0.303. The Bertz CT molecular complexity index is 199. The molecule has 1 aliphatic rings. The SMILES string of the molecule is CCCC[Si](C)(C)C1=CC=CC1. The summed E-state index contributed by atoms with van der Waals surface area (Å²) in [5.74, 6) is 0. The van der Waals surface area contributed by atoms with Crippen LogP contribution in [0.5, 0.6) is 0 Å². The summed E-state index contributed by atoms with van der Waals surface area (Å²) in [5, 5.41) is 1.75. The predicted octanol–water partition coefficient (Wildman–Crippen LogP) is 3.92. The minimum Gasteiger partial charge on any atom is -0.0809 e. The third-order valence-corrected chi connectivity index (χ3v) is 6.51. The molecule has 0 aromatic rings. The smallest absolute Gasteiger partial charge is 0.0758 e. The van der Waals surface area contributed by atoms with E-state index in [9.17, 15) is 0 Å². The Morgan fingerprint density at radius 1 is 1.42 bits per heavy atom. The van der Waals surface area contributed by atoms with E-state index in [0.717, 1.165) is 0 Å². The molecule has 0 saturated heterocycles. The molecule has 0 fully saturated rings. The Kier molecular flexibility index (Phi) is 3.33. The highest BCUT2D eigenvalue weighted by molar-refractivity contribution is 6.84. The molecule has 0 amide bonds. The van der Waals surface area contributed by atoms with Crippen molar-refractivity contribution in [1.82, 2.24) is 0 Å². The lowest BCUT2D eigenvalue weighted by Gasteiger charge is -2.23. The molecule has 68 valence electrons. The van der Waals surface area contributed by atoms with Crippen molar-refractivity contribution in [1.29, 1.82) is 0 Å². The van der Waals surface area contributed by atoms with Crippen molar-refractivity contribution < 1.29 is 0 Å². The maximum Gasteiger partial charge on any atom is 0.0758 e. The lowest BCUT2D eigenvalue weighted by atomic mass is 10.4. The first-order chi connectivity index (χ1) is 5.67. The maximum absolute atomic E-state index is 2.50. The van der Waals surface area contributed by atoms with Gasteiger partial charge in [-0.1, -0.05) is 62.3 Å². The zero-order valence-corrected chi connectivity index (χ0v) is 9.56. The van der Waals surface area contributed by atoms with E-state index in [0.29, 0.717) is 0 Å². The minimum absolute atomic E-state index is 0.993. The molecule has 1 heteroatoms. The quantitative estimate of drug-likeness (QED) is 0.575. The van der Waals surface area contributed by atoms with Crippen LogP contribution in [-0.4, -0.2) is 8.07 Å². The minimum atomic E-state index is -0.993. The summed E-state index contributed by atoms with van der Waals surface area (Å²) in [6, 6.07) is 1.47. The Morgan fingerprint density at radius 3 is 2.67 bits per heavy atom. The van der Waals surface area contributed by atoms with Gasteiger partial charge in [0, 0.05) is 0 Å². The maximum atomic E-state index is 2.50. The number of rotatable bonds is 4. The van der Waals surface area contributed by atoms with Gasteiger partial charge in [0.15, 0.2) is 0 Å². The van der Waals surface area contributed by atoms with Crippen LogP contribution < -0.4 is 0 Å². The van der Waals surface area contributed by atoms with Crippen LogP contribution in [0.4, 0.5) is 0 Å². The molecule has 0 radical (unpaired) electrons. The highest BCUT2D eigenvalue weighted by Crippen LogP contribution is 2.27. The first kappa shape index (κ1) is 9.78. The number of allylic oxidation sites excluding steroid dienone is 4.